The van der Waals surface area contributed by atoms with E-state index < -0.39 is 22.8 Å². The van der Waals surface area contributed by atoms with Crippen LogP contribution in [0.15, 0.2) is 9.59 Å². The van der Waals surface area contributed by atoms with Crippen LogP contribution in [0.5, 0.6) is 0 Å². The lowest BCUT2D eigenvalue weighted by atomic mass is 9.71. The molecule has 0 unspecified atom stereocenters. The van der Waals surface area contributed by atoms with E-state index in [2.05, 4.69) is 17.1 Å². The van der Waals surface area contributed by atoms with E-state index in [1.54, 1.807) is 0 Å². The molecule has 18 heavy (non-hydrogen) atoms. The van der Waals surface area contributed by atoms with Crippen molar-refractivity contribution in [3.05, 3.63) is 21.0 Å². The molecule has 0 radical (unpaired) electrons. The fourth-order valence-electron chi connectivity index (χ4n) is 2.53. The topological polar surface area (TPSA) is 108 Å². The lowest BCUT2D eigenvalue weighted by Gasteiger charge is -2.35. The van der Waals surface area contributed by atoms with Crippen LogP contribution in [0.1, 0.15) is 32.6 Å². The highest BCUT2D eigenvalue weighted by atomic mass is 16.4. The summed E-state index contributed by atoms with van der Waals surface area (Å²) in [6.07, 6.45) is 2.62. The van der Waals surface area contributed by atoms with Gasteiger partial charge in [0.25, 0.3) is 0 Å². The lowest BCUT2D eigenvalue weighted by Crippen LogP contribution is -2.43. The molecule has 1 aromatic heterocycles. The molecule has 1 fully saturated rings. The fraction of sp³-hybridized carbons (Fsp3) is 0.727. The molecule has 0 spiro atoms. The summed E-state index contributed by atoms with van der Waals surface area (Å²) in [5, 5.41) is 13.8. The molecule has 1 aromatic rings. The Morgan fingerprint density at radius 2 is 1.83 bits per heavy atom. The quantitative estimate of drug-likeness (QED) is 0.714. The van der Waals surface area contributed by atoms with E-state index >= 15 is 0 Å². The molecule has 0 bridgehead atoms. The van der Waals surface area contributed by atoms with Gasteiger partial charge in [0.15, 0.2) is 0 Å². The first kappa shape index (κ1) is 12.7. The molecule has 100 valence electrons. The maximum atomic E-state index is 11.5. The minimum Gasteiger partial charge on any atom is -0.481 e. The van der Waals surface area contributed by atoms with Crippen molar-refractivity contribution >= 4 is 5.97 Å². The number of nitrogens with one attached hydrogen (secondary N) is 2. The number of hydrogen-bond donors (Lipinski definition) is 3. The molecule has 1 aliphatic carbocycles. The third-order valence-corrected chi connectivity index (χ3v) is 3.91. The van der Waals surface area contributed by atoms with Crippen LogP contribution < -0.4 is 11.4 Å². The molecule has 1 heterocycles. The van der Waals surface area contributed by atoms with E-state index in [9.17, 15) is 19.5 Å². The van der Waals surface area contributed by atoms with Crippen molar-refractivity contribution in [1.29, 1.82) is 0 Å². The van der Waals surface area contributed by atoms with Crippen LogP contribution in [-0.2, 0) is 11.3 Å². The molecule has 0 aliphatic heterocycles. The van der Waals surface area contributed by atoms with Crippen molar-refractivity contribution in [3.63, 3.8) is 0 Å². The lowest BCUT2D eigenvalue weighted by molar-refractivity contribution is -0.152. The molecule has 0 amide bonds. The molecular formula is C11H17N3O4. The number of carboxylic acids is 1. The van der Waals surface area contributed by atoms with Crippen LogP contribution >= 0.6 is 0 Å². The number of carboxylic acid groups (broad SMARTS) is 1. The number of nitrogens with zero attached hydrogens (tertiary/aromatic N) is 1. The van der Waals surface area contributed by atoms with Crippen molar-refractivity contribution in [2.24, 2.45) is 11.3 Å². The zero-order valence-corrected chi connectivity index (χ0v) is 10.2. The minimum atomic E-state index is -0.995. The van der Waals surface area contributed by atoms with Crippen molar-refractivity contribution < 1.29 is 9.90 Å². The summed E-state index contributed by atoms with van der Waals surface area (Å²) in [5.41, 5.74) is -2.16. The van der Waals surface area contributed by atoms with Gasteiger partial charge < -0.3 is 5.11 Å². The fourth-order valence-corrected chi connectivity index (χ4v) is 2.53. The van der Waals surface area contributed by atoms with E-state index in [1.807, 2.05) is 0 Å². The smallest absolute Gasteiger partial charge is 0.344 e. The molecule has 7 nitrogen and oxygen atoms in total. The van der Waals surface area contributed by atoms with Crippen LogP contribution in [0.2, 0.25) is 0 Å². The first-order valence-corrected chi connectivity index (χ1v) is 6.05. The van der Waals surface area contributed by atoms with Crippen LogP contribution in [0.25, 0.3) is 0 Å². The summed E-state index contributed by atoms with van der Waals surface area (Å²) in [4.78, 5) is 34.3. The van der Waals surface area contributed by atoms with Gasteiger partial charge in [-0.15, -0.1) is 0 Å². The average molecular weight is 255 g/mol. The summed E-state index contributed by atoms with van der Waals surface area (Å²) < 4.78 is 0.935. The molecule has 1 aliphatic rings. The predicted octanol–water partition coefficient (Wildman–Crippen LogP) is 0.146. The molecule has 1 saturated carbocycles. The summed E-state index contributed by atoms with van der Waals surface area (Å²) in [6.45, 7) is 2.02. The highest BCUT2D eigenvalue weighted by Gasteiger charge is 2.42. The number of aromatic nitrogens is 3. The van der Waals surface area contributed by atoms with Gasteiger partial charge in [0.05, 0.1) is 5.41 Å². The molecule has 0 atom stereocenters. The Kier molecular flexibility index (Phi) is 3.14. The van der Waals surface area contributed by atoms with Gasteiger partial charge in [0, 0.05) is 6.54 Å². The summed E-state index contributed by atoms with van der Waals surface area (Å²) in [7, 11) is 0. The largest absolute Gasteiger partial charge is 0.481 e. The zero-order chi connectivity index (χ0) is 13.3. The van der Waals surface area contributed by atoms with E-state index in [0.717, 1.165) is 17.4 Å². The van der Waals surface area contributed by atoms with E-state index in [-0.39, 0.29) is 6.54 Å². The number of aromatic amines is 2. The van der Waals surface area contributed by atoms with Gasteiger partial charge in [-0.3, -0.25) is 4.79 Å². The number of hydrogen-bond acceptors (Lipinski definition) is 3. The first-order valence-electron chi connectivity index (χ1n) is 6.05. The third kappa shape index (κ3) is 2.12. The Hall–Kier alpha value is -1.79. The summed E-state index contributed by atoms with van der Waals surface area (Å²) in [5.74, 6) is -0.430. The zero-order valence-electron chi connectivity index (χ0n) is 10.2. The molecule has 7 heteroatoms. The first-order chi connectivity index (χ1) is 8.44. The maximum absolute atomic E-state index is 11.5. The summed E-state index contributed by atoms with van der Waals surface area (Å²) >= 11 is 0. The number of aliphatic carboxylic acids is 1. The van der Waals surface area contributed by atoms with Gasteiger partial charge in [0.1, 0.15) is 0 Å². The molecule has 3 N–H and O–H groups in total. The predicted molar refractivity (Wildman–Crippen MR) is 63.4 cm³/mol. The third-order valence-electron chi connectivity index (χ3n) is 3.91. The van der Waals surface area contributed by atoms with Crippen LogP contribution in [0.4, 0.5) is 0 Å². The Labute approximate surface area is 103 Å². The van der Waals surface area contributed by atoms with E-state index in [1.165, 1.54) is 0 Å². The standard InChI is InChI=1S/C11H17N3O4/c1-7-2-4-11(5-3-7,8(15)16)6-14-9(17)12-13-10(14)18/h7H,2-6H2,1H3,(H,12,17)(H,13,18)(H,15,16). The molecule has 2 rings (SSSR count). The molecule has 0 saturated heterocycles. The van der Waals surface area contributed by atoms with E-state index in [4.69, 9.17) is 0 Å². The van der Waals surface area contributed by atoms with Crippen molar-refractivity contribution in [2.45, 2.75) is 39.2 Å². The highest BCUT2D eigenvalue weighted by Crippen LogP contribution is 2.40. The van der Waals surface area contributed by atoms with Crippen molar-refractivity contribution in [2.75, 3.05) is 0 Å². The second-order valence-corrected chi connectivity index (χ2v) is 5.21. The monoisotopic (exact) mass is 255 g/mol. The second kappa shape index (κ2) is 4.47. The number of H-pyrrole nitrogens is 2. The Morgan fingerprint density at radius 3 is 2.28 bits per heavy atom. The molecular weight excluding hydrogens is 238 g/mol. The van der Waals surface area contributed by atoms with Gasteiger partial charge in [-0.1, -0.05) is 6.92 Å². The van der Waals surface area contributed by atoms with Crippen molar-refractivity contribution in [1.82, 2.24) is 14.8 Å². The average Bonchev–Trinajstić information content (AvgIpc) is 2.63. The van der Waals surface area contributed by atoms with Gasteiger partial charge in [-0.05, 0) is 31.6 Å². The van der Waals surface area contributed by atoms with Crippen molar-refractivity contribution in [3.8, 4) is 0 Å². The second-order valence-electron chi connectivity index (χ2n) is 5.21. The Balaban J connectivity index is 2.30. The number of rotatable bonds is 3. The van der Waals surface area contributed by atoms with Crippen LogP contribution in [0.3, 0.4) is 0 Å². The van der Waals surface area contributed by atoms with Gasteiger partial charge in [0.2, 0.25) is 0 Å². The number of carbonyl (C=O) groups is 1. The van der Waals surface area contributed by atoms with Gasteiger partial charge in [-0.25, -0.2) is 24.4 Å². The normalized spacial score (nSPS) is 28.2. The van der Waals surface area contributed by atoms with Crippen LogP contribution in [-0.4, -0.2) is 25.8 Å². The Morgan fingerprint density at radius 1 is 1.33 bits per heavy atom. The maximum Gasteiger partial charge on any atom is 0.344 e. The Bertz CT molecular complexity index is 518. The minimum absolute atomic E-state index is 0.0628. The SMILES string of the molecule is CC1CCC(Cn2c(=O)[nH][nH]c2=O)(C(=O)O)CC1. The van der Waals surface area contributed by atoms with E-state index in [0.29, 0.717) is 18.8 Å². The van der Waals surface area contributed by atoms with Crippen LogP contribution in [0, 0.1) is 11.3 Å². The highest BCUT2D eigenvalue weighted by molar-refractivity contribution is 5.74. The van der Waals surface area contributed by atoms with Gasteiger partial charge >= 0.3 is 17.3 Å². The molecule has 0 aromatic carbocycles. The van der Waals surface area contributed by atoms with Gasteiger partial charge in [-0.2, -0.15) is 0 Å². The summed E-state index contributed by atoms with van der Waals surface area (Å²) in [6, 6.07) is 0.